The summed E-state index contributed by atoms with van der Waals surface area (Å²) >= 11 is 0. The van der Waals surface area contributed by atoms with Gasteiger partial charge in [0.15, 0.2) is 11.6 Å². The third kappa shape index (κ3) is 5.74. The van der Waals surface area contributed by atoms with Gasteiger partial charge in [0.05, 0.1) is 41.9 Å². The summed E-state index contributed by atoms with van der Waals surface area (Å²) in [6.45, 7) is 6.23. The van der Waals surface area contributed by atoms with Crippen molar-refractivity contribution in [3.05, 3.63) is 0 Å². The summed E-state index contributed by atoms with van der Waals surface area (Å²) in [5.74, 6) is 1.17. The van der Waals surface area contributed by atoms with Crippen LogP contribution in [0.25, 0.3) is 0 Å². The van der Waals surface area contributed by atoms with E-state index in [1.807, 2.05) is 20.8 Å². The van der Waals surface area contributed by atoms with Crippen LogP contribution in [0.3, 0.4) is 0 Å². The molecule has 0 amide bonds. The highest BCUT2D eigenvalue weighted by Crippen LogP contribution is 2.67. The SMILES string of the molecule is CC(C)(C)C(=O)OCC12CC3CC(C1)C1(OCC(COC(=O)C45CC6CC(CC(O)(C6)C4)C5)(OCC(=O)C45CC6CC(CC(O)(C6)C4)C5)CO1)C(C3)C2. The number of ketones is 1. The molecular weight excluding hydrogens is 676 g/mol. The van der Waals surface area contributed by atoms with Gasteiger partial charge in [-0.1, -0.05) is 0 Å². The molecule has 13 fully saturated rings. The van der Waals surface area contributed by atoms with Crippen molar-refractivity contribution >= 4 is 17.7 Å². The molecule has 0 aromatic heterocycles. The Bertz CT molecular complexity index is 1440. The van der Waals surface area contributed by atoms with Crippen LogP contribution in [0.5, 0.6) is 0 Å². The Labute approximate surface area is 314 Å². The first-order valence-electron chi connectivity index (χ1n) is 21.2. The maximum absolute atomic E-state index is 14.2. The van der Waals surface area contributed by atoms with Crippen molar-refractivity contribution in [3.8, 4) is 0 Å². The molecule has 53 heavy (non-hydrogen) atoms. The molecule has 0 radical (unpaired) electrons. The zero-order valence-electron chi connectivity index (χ0n) is 32.3. The third-order valence-electron chi connectivity index (χ3n) is 16.8. The van der Waals surface area contributed by atoms with Crippen molar-refractivity contribution in [3.63, 3.8) is 0 Å². The van der Waals surface area contributed by atoms with Gasteiger partial charge in [0.25, 0.3) is 0 Å². The van der Waals surface area contributed by atoms with Crippen molar-refractivity contribution < 1.29 is 48.3 Å². The van der Waals surface area contributed by atoms with Crippen LogP contribution in [-0.4, -0.2) is 83.6 Å². The summed E-state index contributed by atoms with van der Waals surface area (Å²) in [5.41, 5.74) is -4.52. The molecule has 0 aromatic carbocycles. The van der Waals surface area contributed by atoms with Crippen LogP contribution < -0.4 is 0 Å². The van der Waals surface area contributed by atoms with E-state index >= 15 is 0 Å². The van der Waals surface area contributed by atoms with Gasteiger partial charge in [0.1, 0.15) is 18.8 Å². The topological polar surface area (TPSA) is 138 Å². The van der Waals surface area contributed by atoms with E-state index in [2.05, 4.69) is 0 Å². The maximum atomic E-state index is 14.2. The van der Waals surface area contributed by atoms with Gasteiger partial charge in [0, 0.05) is 22.7 Å². The molecule has 1 saturated heterocycles. The molecule has 12 saturated carbocycles. The van der Waals surface area contributed by atoms with Crippen LogP contribution in [0.1, 0.15) is 130 Å². The van der Waals surface area contributed by atoms with E-state index < -0.39 is 38.8 Å². The fraction of sp³-hybridized carbons (Fsp3) is 0.930. The number of carbonyl (C=O) groups excluding carboxylic acids is 3. The Morgan fingerprint density at radius 3 is 1.70 bits per heavy atom. The Kier molecular flexibility index (Phi) is 7.77. The molecule has 1 heterocycles. The maximum Gasteiger partial charge on any atom is 0.312 e. The second-order valence-electron chi connectivity index (χ2n) is 22.4. The van der Waals surface area contributed by atoms with E-state index in [4.69, 9.17) is 23.7 Å². The Hall–Kier alpha value is -1.59. The second-order valence-corrected chi connectivity index (χ2v) is 22.4. The molecule has 294 valence electrons. The van der Waals surface area contributed by atoms with E-state index in [-0.39, 0.29) is 61.4 Å². The van der Waals surface area contributed by atoms with Crippen molar-refractivity contribution in [2.75, 3.05) is 33.0 Å². The lowest BCUT2D eigenvalue weighted by atomic mass is 9.47. The molecule has 13 rings (SSSR count). The lowest BCUT2D eigenvalue weighted by molar-refractivity contribution is -0.401. The van der Waals surface area contributed by atoms with Crippen molar-refractivity contribution in [2.24, 2.45) is 63.1 Å². The van der Waals surface area contributed by atoms with Gasteiger partial charge in [-0.25, -0.2) is 0 Å². The number of hydrogen-bond acceptors (Lipinski definition) is 10. The van der Waals surface area contributed by atoms with Gasteiger partial charge < -0.3 is 33.9 Å². The molecule has 10 heteroatoms. The third-order valence-corrected chi connectivity index (χ3v) is 16.8. The highest BCUT2D eigenvalue weighted by Gasteiger charge is 2.67. The predicted molar refractivity (Wildman–Crippen MR) is 190 cm³/mol. The van der Waals surface area contributed by atoms with E-state index in [0.29, 0.717) is 49.0 Å². The molecule has 12 bridgehead atoms. The van der Waals surface area contributed by atoms with Crippen LogP contribution in [0, 0.1) is 63.1 Å². The van der Waals surface area contributed by atoms with Crippen LogP contribution in [-0.2, 0) is 38.1 Å². The molecule has 6 unspecified atom stereocenters. The highest BCUT2D eigenvalue weighted by atomic mass is 16.7. The first kappa shape index (κ1) is 35.8. The number of carbonyl (C=O) groups is 3. The van der Waals surface area contributed by atoms with Gasteiger partial charge in [-0.05, 0) is 160 Å². The lowest BCUT2D eigenvalue weighted by Crippen LogP contribution is -2.69. The molecule has 1 aliphatic heterocycles. The zero-order chi connectivity index (χ0) is 36.9. The van der Waals surface area contributed by atoms with E-state index in [0.717, 1.165) is 96.3 Å². The molecular formula is C43H62O10. The number of hydrogen-bond donors (Lipinski definition) is 2. The summed E-state index contributed by atoms with van der Waals surface area (Å²) in [6, 6.07) is 0. The van der Waals surface area contributed by atoms with Crippen molar-refractivity contribution in [1.29, 1.82) is 0 Å². The largest absolute Gasteiger partial charge is 0.465 e. The average molecular weight is 739 g/mol. The minimum atomic E-state index is -1.15. The minimum Gasteiger partial charge on any atom is -0.465 e. The van der Waals surface area contributed by atoms with Crippen LogP contribution in [0.15, 0.2) is 0 Å². The fourth-order valence-electron chi connectivity index (χ4n) is 15.7. The van der Waals surface area contributed by atoms with Gasteiger partial charge in [0.2, 0.25) is 0 Å². The predicted octanol–water partition coefficient (Wildman–Crippen LogP) is 5.68. The molecule has 2 N–H and O–H groups in total. The van der Waals surface area contributed by atoms with Gasteiger partial charge in [-0.3, -0.25) is 14.4 Å². The monoisotopic (exact) mass is 738 g/mol. The van der Waals surface area contributed by atoms with Crippen molar-refractivity contribution in [2.45, 2.75) is 153 Å². The van der Waals surface area contributed by atoms with Crippen LogP contribution >= 0.6 is 0 Å². The quantitative estimate of drug-likeness (QED) is 0.285. The number of rotatable bonds is 9. The Morgan fingerprint density at radius 1 is 0.642 bits per heavy atom. The Morgan fingerprint density at radius 2 is 1.17 bits per heavy atom. The summed E-state index contributed by atoms with van der Waals surface area (Å²) in [5, 5.41) is 22.8. The normalized spacial score (nSPS) is 52.7. The lowest BCUT2D eigenvalue weighted by Gasteiger charge is -2.65. The number of esters is 2. The summed E-state index contributed by atoms with van der Waals surface area (Å²) in [7, 11) is 0. The first-order chi connectivity index (χ1) is 24.9. The molecule has 0 aromatic rings. The average Bonchev–Trinajstić information content (AvgIpc) is 3.05. The van der Waals surface area contributed by atoms with Gasteiger partial charge in [-0.2, -0.15) is 0 Å². The smallest absolute Gasteiger partial charge is 0.312 e. The number of aliphatic hydroxyl groups is 2. The molecule has 10 nitrogen and oxygen atoms in total. The van der Waals surface area contributed by atoms with Crippen molar-refractivity contribution in [1.82, 2.24) is 0 Å². The van der Waals surface area contributed by atoms with Gasteiger partial charge >= 0.3 is 11.9 Å². The van der Waals surface area contributed by atoms with E-state index in [9.17, 15) is 24.6 Å². The molecule has 6 atom stereocenters. The zero-order valence-corrected chi connectivity index (χ0v) is 32.3. The van der Waals surface area contributed by atoms with Gasteiger partial charge in [-0.15, -0.1) is 0 Å². The molecule has 1 spiro atoms. The van der Waals surface area contributed by atoms with Crippen LogP contribution in [0.2, 0.25) is 0 Å². The number of Topliss-reactive ketones (excluding diaryl/α,β-unsaturated/α-hetero) is 1. The van der Waals surface area contributed by atoms with Crippen LogP contribution in [0.4, 0.5) is 0 Å². The standard InChI is InChI=1S/C43H62O10/c1-36(2,3)34(45)49-22-37-8-26-6-31(17-37)43(32(7-26)18-37)52-24-42(25-53-43,23-50-35(46)39-11-29-5-30(12-39)16-41(48,15-29)21-39)51-19-33(44)38-9-27-4-28(10-38)14-40(47,13-27)20-38/h26-32,47-48H,4-25H2,1-3H3. The second kappa shape index (κ2) is 11.5. The Balaban J connectivity index is 0.865. The van der Waals surface area contributed by atoms with E-state index in [1.54, 1.807) is 0 Å². The number of ether oxygens (including phenoxy) is 5. The summed E-state index contributed by atoms with van der Waals surface area (Å²) < 4.78 is 32.8. The van der Waals surface area contributed by atoms with E-state index in [1.165, 1.54) is 0 Å². The molecule has 12 aliphatic carbocycles. The first-order valence-corrected chi connectivity index (χ1v) is 21.2. The summed E-state index contributed by atoms with van der Waals surface area (Å²) in [4.78, 5) is 41.1. The highest BCUT2D eigenvalue weighted by molar-refractivity contribution is 5.86. The molecule has 13 aliphatic rings. The fourth-order valence-corrected chi connectivity index (χ4v) is 15.7. The summed E-state index contributed by atoms with van der Waals surface area (Å²) in [6.07, 6.45) is 14.3. The minimum absolute atomic E-state index is 0.0423.